The van der Waals surface area contributed by atoms with E-state index in [4.69, 9.17) is 9.84 Å². The molecule has 0 unspecified atom stereocenters. The lowest BCUT2D eigenvalue weighted by Gasteiger charge is -2.11. The molecule has 0 aromatic heterocycles. The first kappa shape index (κ1) is 17.9. The first-order chi connectivity index (χ1) is 11.5. The minimum atomic E-state index is -4.34. The van der Waals surface area contributed by atoms with Gasteiger partial charge in [-0.2, -0.15) is 13.2 Å². The van der Waals surface area contributed by atoms with Crippen LogP contribution in [-0.4, -0.2) is 31.1 Å². The highest BCUT2D eigenvalue weighted by molar-refractivity contribution is 5.47. The SMILES string of the molecule is OCCOc1ccc(NCc2ccc(OCC(F)(F)F)cc2)cc1. The molecule has 2 aromatic carbocycles. The van der Waals surface area contributed by atoms with Crippen LogP contribution < -0.4 is 14.8 Å². The van der Waals surface area contributed by atoms with Gasteiger partial charge in [0.2, 0.25) is 0 Å². The van der Waals surface area contributed by atoms with E-state index in [2.05, 4.69) is 10.1 Å². The van der Waals surface area contributed by atoms with Crippen molar-refractivity contribution in [2.75, 3.05) is 25.1 Å². The Balaban J connectivity index is 1.81. The molecule has 0 amide bonds. The van der Waals surface area contributed by atoms with Crippen molar-refractivity contribution in [3.05, 3.63) is 54.1 Å². The zero-order valence-electron chi connectivity index (χ0n) is 12.8. The molecule has 0 aliphatic carbocycles. The van der Waals surface area contributed by atoms with Crippen molar-refractivity contribution in [3.63, 3.8) is 0 Å². The molecule has 0 atom stereocenters. The largest absolute Gasteiger partial charge is 0.491 e. The Morgan fingerprint density at radius 2 is 1.46 bits per heavy atom. The number of halogens is 3. The summed E-state index contributed by atoms with van der Waals surface area (Å²) in [5.74, 6) is 0.849. The van der Waals surface area contributed by atoms with Crippen LogP contribution >= 0.6 is 0 Å². The summed E-state index contributed by atoms with van der Waals surface area (Å²) < 4.78 is 46.1. The van der Waals surface area contributed by atoms with Crippen molar-refractivity contribution in [2.45, 2.75) is 12.7 Å². The van der Waals surface area contributed by atoms with Crippen molar-refractivity contribution >= 4 is 5.69 Å². The number of alkyl halides is 3. The number of rotatable bonds is 8. The summed E-state index contributed by atoms with van der Waals surface area (Å²) in [6, 6.07) is 13.7. The van der Waals surface area contributed by atoms with Crippen LogP contribution in [0.25, 0.3) is 0 Å². The maximum absolute atomic E-state index is 12.1. The second-order valence-corrected chi connectivity index (χ2v) is 5.00. The molecule has 0 fully saturated rings. The van der Waals surface area contributed by atoms with Crippen LogP contribution in [0.5, 0.6) is 11.5 Å². The third-order valence-corrected chi connectivity index (χ3v) is 3.04. The Kier molecular flexibility index (Phi) is 6.31. The second kappa shape index (κ2) is 8.44. The Morgan fingerprint density at radius 3 is 2.04 bits per heavy atom. The predicted octanol–water partition coefficient (Wildman–Crippen LogP) is 3.61. The van der Waals surface area contributed by atoms with Crippen molar-refractivity contribution < 1.29 is 27.8 Å². The molecule has 130 valence electrons. The zero-order valence-corrected chi connectivity index (χ0v) is 12.8. The van der Waals surface area contributed by atoms with Gasteiger partial charge in [-0.3, -0.25) is 0 Å². The summed E-state index contributed by atoms with van der Waals surface area (Å²) in [6.07, 6.45) is -4.34. The Morgan fingerprint density at radius 1 is 0.875 bits per heavy atom. The minimum Gasteiger partial charge on any atom is -0.491 e. The highest BCUT2D eigenvalue weighted by atomic mass is 19.4. The highest BCUT2D eigenvalue weighted by Crippen LogP contribution is 2.20. The molecule has 2 aromatic rings. The summed E-state index contributed by atoms with van der Waals surface area (Å²) in [7, 11) is 0. The average Bonchev–Trinajstić information content (AvgIpc) is 2.57. The number of nitrogens with one attached hydrogen (secondary N) is 1. The predicted molar refractivity (Wildman–Crippen MR) is 84.3 cm³/mol. The highest BCUT2D eigenvalue weighted by Gasteiger charge is 2.28. The summed E-state index contributed by atoms with van der Waals surface area (Å²) >= 11 is 0. The van der Waals surface area contributed by atoms with Gasteiger partial charge in [-0.1, -0.05) is 12.1 Å². The van der Waals surface area contributed by atoms with Gasteiger partial charge in [-0.15, -0.1) is 0 Å². The van der Waals surface area contributed by atoms with Gasteiger partial charge >= 0.3 is 6.18 Å². The number of ether oxygens (including phenoxy) is 2. The van der Waals surface area contributed by atoms with E-state index in [0.717, 1.165) is 11.3 Å². The quantitative estimate of drug-likeness (QED) is 0.770. The number of benzene rings is 2. The molecule has 0 aliphatic rings. The second-order valence-electron chi connectivity index (χ2n) is 5.00. The standard InChI is InChI=1S/C17H18F3NO3/c18-17(19,20)12-24-16-5-1-13(2-6-16)11-21-14-3-7-15(8-4-14)23-10-9-22/h1-8,21-22H,9-12H2. The van der Waals surface area contributed by atoms with Crippen molar-refractivity contribution in [2.24, 2.45) is 0 Å². The lowest BCUT2D eigenvalue weighted by molar-refractivity contribution is -0.153. The third kappa shape index (κ3) is 6.37. The molecular weight excluding hydrogens is 323 g/mol. The van der Waals surface area contributed by atoms with Crippen LogP contribution in [0.4, 0.5) is 18.9 Å². The monoisotopic (exact) mass is 341 g/mol. The maximum Gasteiger partial charge on any atom is 0.422 e. The molecule has 0 radical (unpaired) electrons. The van der Waals surface area contributed by atoms with Crippen LogP contribution in [-0.2, 0) is 6.54 Å². The number of aliphatic hydroxyl groups is 1. The van der Waals surface area contributed by atoms with E-state index in [-0.39, 0.29) is 19.0 Å². The van der Waals surface area contributed by atoms with Gasteiger partial charge in [0.25, 0.3) is 0 Å². The average molecular weight is 341 g/mol. The number of anilines is 1. The van der Waals surface area contributed by atoms with Crippen LogP contribution in [0, 0.1) is 0 Å². The lowest BCUT2D eigenvalue weighted by Crippen LogP contribution is -2.19. The molecule has 0 heterocycles. The molecule has 0 aliphatic heterocycles. The zero-order chi connectivity index (χ0) is 17.4. The smallest absolute Gasteiger partial charge is 0.422 e. The Labute approximate surface area is 137 Å². The van der Waals surface area contributed by atoms with Crippen molar-refractivity contribution in [1.29, 1.82) is 0 Å². The number of hydrogen-bond acceptors (Lipinski definition) is 4. The van der Waals surface area contributed by atoms with E-state index in [1.807, 2.05) is 12.1 Å². The van der Waals surface area contributed by atoms with E-state index in [1.165, 1.54) is 12.1 Å². The molecule has 0 bridgehead atoms. The molecular formula is C17H18F3NO3. The van der Waals surface area contributed by atoms with Crippen molar-refractivity contribution in [1.82, 2.24) is 0 Å². The van der Waals surface area contributed by atoms with Crippen LogP contribution in [0.2, 0.25) is 0 Å². The van der Waals surface area contributed by atoms with Gasteiger partial charge < -0.3 is 19.9 Å². The van der Waals surface area contributed by atoms with Crippen LogP contribution in [0.15, 0.2) is 48.5 Å². The van der Waals surface area contributed by atoms with Crippen molar-refractivity contribution in [3.8, 4) is 11.5 Å². The summed E-state index contributed by atoms with van der Waals surface area (Å²) in [5, 5.41) is 11.9. The first-order valence-electron chi connectivity index (χ1n) is 7.32. The fourth-order valence-electron chi connectivity index (χ4n) is 1.91. The molecule has 2 N–H and O–H groups in total. The Bertz CT molecular complexity index is 612. The molecule has 4 nitrogen and oxygen atoms in total. The molecule has 0 saturated heterocycles. The van der Waals surface area contributed by atoms with Gasteiger partial charge in [0.05, 0.1) is 6.61 Å². The fourth-order valence-corrected chi connectivity index (χ4v) is 1.91. The maximum atomic E-state index is 12.1. The summed E-state index contributed by atoms with van der Waals surface area (Å²) in [4.78, 5) is 0. The third-order valence-electron chi connectivity index (χ3n) is 3.04. The van der Waals surface area contributed by atoms with Gasteiger partial charge in [-0.25, -0.2) is 0 Å². The van der Waals surface area contributed by atoms with Gasteiger partial charge in [0.1, 0.15) is 18.1 Å². The topological polar surface area (TPSA) is 50.7 Å². The summed E-state index contributed by atoms with van der Waals surface area (Å²) in [6.45, 7) is -0.566. The molecule has 2 rings (SSSR count). The summed E-state index contributed by atoms with van der Waals surface area (Å²) in [5.41, 5.74) is 1.79. The molecule has 7 heteroatoms. The first-order valence-corrected chi connectivity index (χ1v) is 7.32. The minimum absolute atomic E-state index is 0.0390. The number of aliphatic hydroxyl groups excluding tert-OH is 1. The lowest BCUT2D eigenvalue weighted by atomic mass is 10.2. The molecule has 0 saturated carbocycles. The number of hydrogen-bond donors (Lipinski definition) is 2. The Hall–Kier alpha value is -2.41. The molecule has 0 spiro atoms. The fraction of sp³-hybridized carbons (Fsp3) is 0.294. The van der Waals surface area contributed by atoms with Gasteiger partial charge in [0, 0.05) is 12.2 Å². The van der Waals surface area contributed by atoms with E-state index in [9.17, 15) is 13.2 Å². The molecule has 24 heavy (non-hydrogen) atoms. The van der Waals surface area contributed by atoms with Gasteiger partial charge in [-0.05, 0) is 42.0 Å². The normalized spacial score (nSPS) is 11.2. The van der Waals surface area contributed by atoms with E-state index < -0.39 is 12.8 Å². The van der Waals surface area contributed by atoms with E-state index in [1.54, 1.807) is 24.3 Å². The van der Waals surface area contributed by atoms with E-state index in [0.29, 0.717) is 12.3 Å². The van der Waals surface area contributed by atoms with Gasteiger partial charge in [0.15, 0.2) is 6.61 Å². The van der Waals surface area contributed by atoms with Crippen LogP contribution in [0.3, 0.4) is 0 Å². The van der Waals surface area contributed by atoms with Crippen LogP contribution in [0.1, 0.15) is 5.56 Å². The van der Waals surface area contributed by atoms with E-state index >= 15 is 0 Å².